The second kappa shape index (κ2) is 4.75. The van der Waals surface area contributed by atoms with Crippen LogP contribution in [-0.2, 0) is 14.1 Å². The average molecular weight is 326 g/mol. The lowest BCUT2D eigenvalue weighted by molar-refractivity contribution is 0.569. The first kappa shape index (κ1) is 13.9. The van der Waals surface area contributed by atoms with Crippen molar-refractivity contribution in [2.45, 2.75) is 0 Å². The van der Waals surface area contributed by atoms with Crippen LogP contribution in [0.4, 0.5) is 0 Å². The zero-order valence-corrected chi connectivity index (χ0v) is 12.6. The van der Waals surface area contributed by atoms with E-state index in [2.05, 4.69) is 4.98 Å². The smallest absolute Gasteiger partial charge is 0.333 e. The molecule has 0 saturated carbocycles. The quantitative estimate of drug-likeness (QED) is 0.687. The summed E-state index contributed by atoms with van der Waals surface area (Å²) in [5.74, 6) is 0.196. The van der Waals surface area contributed by atoms with Gasteiger partial charge >= 0.3 is 5.69 Å². The molecule has 0 aliphatic rings. The fourth-order valence-electron chi connectivity index (χ4n) is 1.99. The summed E-state index contributed by atoms with van der Waals surface area (Å²) in [5.41, 5.74) is -0.229. The monoisotopic (exact) mass is 325 g/mol. The molecule has 6 nitrogen and oxygen atoms in total. The summed E-state index contributed by atoms with van der Waals surface area (Å²) in [4.78, 5) is 28.0. The number of aromatic nitrogens is 3. The molecule has 2 aromatic heterocycles. The van der Waals surface area contributed by atoms with Crippen molar-refractivity contribution in [1.82, 2.24) is 14.1 Å². The second-order valence-electron chi connectivity index (χ2n) is 4.51. The van der Waals surface area contributed by atoms with Gasteiger partial charge in [-0.2, -0.15) is 0 Å². The molecule has 0 bridgehead atoms. The van der Waals surface area contributed by atoms with Crippen LogP contribution in [0.15, 0.2) is 32.2 Å². The number of nitrogens with zero attached hydrogens (tertiary/aromatic N) is 3. The predicted octanol–water partition coefficient (Wildman–Crippen LogP) is 2.20. The van der Waals surface area contributed by atoms with Gasteiger partial charge in [0.15, 0.2) is 5.52 Å². The van der Waals surface area contributed by atoms with Gasteiger partial charge in [0.1, 0.15) is 0 Å². The summed E-state index contributed by atoms with van der Waals surface area (Å²) >= 11 is 11.8. The third kappa shape index (κ3) is 2.07. The van der Waals surface area contributed by atoms with Crippen LogP contribution in [0.5, 0.6) is 0 Å². The van der Waals surface area contributed by atoms with Crippen LogP contribution in [0, 0.1) is 0 Å². The van der Waals surface area contributed by atoms with Crippen LogP contribution in [-0.4, -0.2) is 14.1 Å². The molecular formula is C13H9Cl2N3O3. The van der Waals surface area contributed by atoms with Crippen molar-refractivity contribution in [1.29, 1.82) is 0 Å². The molecule has 0 atom stereocenters. The molecule has 108 valence electrons. The van der Waals surface area contributed by atoms with Gasteiger partial charge in [0.2, 0.25) is 11.6 Å². The van der Waals surface area contributed by atoms with Gasteiger partial charge in [0.05, 0.1) is 10.0 Å². The molecule has 3 aromatic rings. The maximum absolute atomic E-state index is 12.0. The van der Waals surface area contributed by atoms with Gasteiger partial charge in [-0.25, -0.2) is 9.78 Å². The van der Waals surface area contributed by atoms with Gasteiger partial charge in [-0.3, -0.25) is 13.9 Å². The zero-order valence-electron chi connectivity index (χ0n) is 11.1. The molecule has 0 fully saturated rings. The van der Waals surface area contributed by atoms with Gasteiger partial charge in [-0.05, 0) is 18.2 Å². The van der Waals surface area contributed by atoms with Gasteiger partial charge in [0, 0.05) is 19.7 Å². The normalized spacial score (nSPS) is 11.2. The molecule has 0 N–H and O–H groups in total. The third-order valence-electron chi connectivity index (χ3n) is 3.16. The Kier molecular flexibility index (Phi) is 3.15. The van der Waals surface area contributed by atoms with Crippen molar-refractivity contribution in [2.24, 2.45) is 14.1 Å². The molecule has 0 amide bonds. The van der Waals surface area contributed by atoms with E-state index in [9.17, 15) is 9.59 Å². The Morgan fingerprint density at radius 3 is 2.48 bits per heavy atom. The molecule has 2 heterocycles. The molecule has 0 aliphatic carbocycles. The highest BCUT2D eigenvalue weighted by Crippen LogP contribution is 2.29. The fraction of sp³-hybridized carbons (Fsp3) is 0.154. The molecule has 0 saturated heterocycles. The first-order valence-electron chi connectivity index (χ1n) is 5.92. The Morgan fingerprint density at radius 2 is 1.81 bits per heavy atom. The first-order chi connectivity index (χ1) is 9.90. The molecule has 0 radical (unpaired) electrons. The minimum Gasteiger partial charge on any atom is -0.419 e. The maximum atomic E-state index is 12.0. The molecule has 0 unspecified atom stereocenters. The SMILES string of the molecule is Cn1c(=O)c2nc(-c3ccc(Cl)c(Cl)c3)oc2n(C)c1=O. The van der Waals surface area contributed by atoms with Crippen molar-refractivity contribution in [2.75, 3.05) is 0 Å². The van der Waals surface area contributed by atoms with Crippen molar-refractivity contribution in [3.8, 4) is 11.5 Å². The number of hydrogen-bond donors (Lipinski definition) is 0. The van der Waals surface area contributed by atoms with E-state index in [-0.39, 0.29) is 17.1 Å². The number of oxazole rings is 1. The van der Waals surface area contributed by atoms with Gasteiger partial charge in [0.25, 0.3) is 5.56 Å². The summed E-state index contributed by atoms with van der Waals surface area (Å²) in [6.45, 7) is 0. The Hall–Kier alpha value is -2.05. The van der Waals surface area contributed by atoms with Crippen molar-refractivity contribution >= 4 is 34.4 Å². The van der Waals surface area contributed by atoms with Crippen LogP contribution in [0.2, 0.25) is 10.0 Å². The summed E-state index contributed by atoms with van der Waals surface area (Å²) in [6, 6.07) is 4.85. The topological polar surface area (TPSA) is 70.0 Å². The third-order valence-corrected chi connectivity index (χ3v) is 3.90. The number of rotatable bonds is 1. The molecule has 3 rings (SSSR count). The van der Waals surface area contributed by atoms with Crippen molar-refractivity contribution < 1.29 is 4.42 Å². The molecular weight excluding hydrogens is 317 g/mol. The molecule has 8 heteroatoms. The van der Waals surface area contributed by atoms with Crippen LogP contribution in [0.3, 0.4) is 0 Å². The van der Waals surface area contributed by atoms with Crippen LogP contribution < -0.4 is 11.2 Å². The van der Waals surface area contributed by atoms with E-state index in [4.69, 9.17) is 27.6 Å². The first-order valence-corrected chi connectivity index (χ1v) is 6.67. The van der Waals surface area contributed by atoms with Crippen LogP contribution >= 0.6 is 23.2 Å². The fourth-order valence-corrected chi connectivity index (χ4v) is 2.29. The number of benzene rings is 1. The maximum Gasteiger partial charge on any atom is 0.333 e. The highest BCUT2D eigenvalue weighted by atomic mass is 35.5. The molecule has 21 heavy (non-hydrogen) atoms. The lowest BCUT2D eigenvalue weighted by atomic mass is 10.2. The predicted molar refractivity (Wildman–Crippen MR) is 79.9 cm³/mol. The van der Waals surface area contributed by atoms with Gasteiger partial charge in [-0.1, -0.05) is 23.2 Å². The Bertz CT molecular complexity index is 985. The highest BCUT2D eigenvalue weighted by molar-refractivity contribution is 6.42. The average Bonchev–Trinajstić information content (AvgIpc) is 2.91. The number of fused-ring (bicyclic) bond motifs is 1. The lowest BCUT2D eigenvalue weighted by Crippen LogP contribution is -2.36. The van der Waals surface area contributed by atoms with Gasteiger partial charge < -0.3 is 4.42 Å². The summed E-state index contributed by atoms with van der Waals surface area (Å²) < 4.78 is 7.74. The number of halogens is 2. The lowest BCUT2D eigenvalue weighted by Gasteiger charge is -2.00. The molecule has 0 aliphatic heterocycles. The number of aryl methyl sites for hydroxylation is 1. The van der Waals surface area contributed by atoms with E-state index in [1.165, 1.54) is 18.7 Å². The Balaban J connectivity index is 2.34. The molecule has 1 aromatic carbocycles. The largest absolute Gasteiger partial charge is 0.419 e. The Morgan fingerprint density at radius 1 is 1.10 bits per heavy atom. The van der Waals surface area contributed by atoms with E-state index in [1.807, 2.05) is 0 Å². The minimum absolute atomic E-state index is 0.0840. The van der Waals surface area contributed by atoms with E-state index in [0.717, 1.165) is 4.57 Å². The minimum atomic E-state index is -0.511. The van der Waals surface area contributed by atoms with E-state index in [0.29, 0.717) is 15.6 Å². The zero-order chi connectivity index (χ0) is 15.3. The number of hydrogen-bond acceptors (Lipinski definition) is 4. The summed E-state index contributed by atoms with van der Waals surface area (Å²) in [5, 5.41) is 0.748. The van der Waals surface area contributed by atoms with E-state index >= 15 is 0 Å². The van der Waals surface area contributed by atoms with Gasteiger partial charge in [-0.15, -0.1) is 0 Å². The van der Waals surface area contributed by atoms with E-state index < -0.39 is 11.2 Å². The standard InChI is InChI=1S/C13H9Cl2N3O3/c1-17-11(19)9-12(18(2)13(17)20)21-10(16-9)6-3-4-7(14)8(15)5-6/h3-5H,1-2H3. The van der Waals surface area contributed by atoms with E-state index in [1.54, 1.807) is 18.2 Å². The summed E-state index contributed by atoms with van der Waals surface area (Å²) in [6.07, 6.45) is 0. The van der Waals surface area contributed by atoms with Crippen molar-refractivity contribution in [3.05, 3.63) is 49.1 Å². The Labute approximate surface area is 128 Å². The van der Waals surface area contributed by atoms with Crippen molar-refractivity contribution in [3.63, 3.8) is 0 Å². The van der Waals surface area contributed by atoms with Crippen LogP contribution in [0.1, 0.15) is 0 Å². The molecule has 0 spiro atoms. The highest BCUT2D eigenvalue weighted by Gasteiger charge is 2.17. The summed E-state index contributed by atoms with van der Waals surface area (Å²) in [7, 11) is 2.89. The van der Waals surface area contributed by atoms with Crippen LogP contribution in [0.25, 0.3) is 22.7 Å². The second-order valence-corrected chi connectivity index (χ2v) is 5.32.